The van der Waals surface area contributed by atoms with Gasteiger partial charge in [0, 0.05) is 6.54 Å². The van der Waals surface area contributed by atoms with E-state index in [0.29, 0.717) is 12.2 Å². The average molecular weight is 228 g/mol. The lowest BCUT2D eigenvalue weighted by Crippen LogP contribution is -2.39. The zero-order chi connectivity index (χ0) is 11.8. The van der Waals surface area contributed by atoms with E-state index in [4.69, 9.17) is 0 Å². The highest BCUT2D eigenvalue weighted by molar-refractivity contribution is 5.99. The third-order valence-electron chi connectivity index (χ3n) is 2.53. The molecule has 16 heavy (non-hydrogen) atoms. The van der Waals surface area contributed by atoms with Crippen molar-refractivity contribution in [2.45, 2.75) is 13.1 Å². The lowest BCUT2D eigenvalue weighted by molar-refractivity contribution is -0.0597. The fourth-order valence-corrected chi connectivity index (χ4v) is 1.71. The summed E-state index contributed by atoms with van der Waals surface area (Å²) in [7, 11) is 0. The molecule has 0 radical (unpaired) electrons. The van der Waals surface area contributed by atoms with Gasteiger partial charge in [0.1, 0.15) is 5.71 Å². The molecule has 0 fully saturated rings. The summed E-state index contributed by atoms with van der Waals surface area (Å²) in [5.41, 5.74) is 0.425. The zero-order valence-corrected chi connectivity index (χ0v) is 8.75. The van der Waals surface area contributed by atoms with Crippen molar-refractivity contribution in [2.24, 2.45) is 4.99 Å². The minimum atomic E-state index is -4.35. The number of anilines is 1. The first-order valence-corrected chi connectivity index (χ1v) is 5.01. The fraction of sp³-hybridized carbons (Fsp3) is 0.364. The van der Waals surface area contributed by atoms with Gasteiger partial charge >= 0.3 is 6.18 Å². The maximum Gasteiger partial charge on any atom is 0.431 e. The van der Waals surface area contributed by atoms with Crippen molar-refractivity contribution < 1.29 is 13.2 Å². The Bertz CT molecular complexity index is 423. The predicted molar refractivity (Wildman–Crippen MR) is 57.5 cm³/mol. The summed E-state index contributed by atoms with van der Waals surface area (Å²) in [6.07, 6.45) is -4.35. The van der Waals surface area contributed by atoms with Gasteiger partial charge in [-0.2, -0.15) is 13.2 Å². The standard InChI is InChI=1S/C11H11F3N2/c1-2-16-7-10(11(12,13)14)15-8-5-3-4-6-9(8)16/h3-6H,2,7H2,1H3. The highest BCUT2D eigenvalue weighted by Crippen LogP contribution is 2.34. The lowest BCUT2D eigenvalue weighted by Gasteiger charge is -2.29. The van der Waals surface area contributed by atoms with Crippen LogP contribution in [-0.2, 0) is 0 Å². The van der Waals surface area contributed by atoms with E-state index in [1.807, 2.05) is 6.92 Å². The Balaban J connectivity index is 2.47. The molecule has 0 spiro atoms. The van der Waals surface area contributed by atoms with E-state index in [9.17, 15) is 13.2 Å². The summed E-state index contributed by atoms with van der Waals surface area (Å²) in [6, 6.07) is 6.88. The molecule has 0 bridgehead atoms. The van der Waals surface area contributed by atoms with E-state index >= 15 is 0 Å². The monoisotopic (exact) mass is 228 g/mol. The molecule has 0 aliphatic carbocycles. The van der Waals surface area contributed by atoms with Crippen molar-refractivity contribution in [3.05, 3.63) is 24.3 Å². The third kappa shape index (κ3) is 1.89. The quantitative estimate of drug-likeness (QED) is 0.720. The van der Waals surface area contributed by atoms with Crippen LogP contribution in [0.5, 0.6) is 0 Å². The molecular formula is C11H11F3N2. The Hall–Kier alpha value is -1.52. The number of halogens is 3. The maximum atomic E-state index is 12.6. The van der Waals surface area contributed by atoms with Crippen molar-refractivity contribution in [2.75, 3.05) is 18.0 Å². The largest absolute Gasteiger partial charge is 0.431 e. The molecule has 2 rings (SSSR count). The summed E-state index contributed by atoms with van der Waals surface area (Å²) >= 11 is 0. The molecule has 86 valence electrons. The zero-order valence-electron chi connectivity index (χ0n) is 8.75. The normalized spacial score (nSPS) is 15.8. The highest BCUT2D eigenvalue weighted by Gasteiger charge is 2.38. The molecule has 0 aromatic heterocycles. The molecular weight excluding hydrogens is 217 g/mol. The van der Waals surface area contributed by atoms with Crippen molar-refractivity contribution in [1.82, 2.24) is 0 Å². The maximum absolute atomic E-state index is 12.6. The second-order valence-electron chi connectivity index (χ2n) is 3.56. The molecule has 1 aliphatic heterocycles. The van der Waals surface area contributed by atoms with E-state index in [0.717, 1.165) is 5.69 Å². The summed E-state index contributed by atoms with van der Waals surface area (Å²) in [5.74, 6) is 0. The number of hydrogen-bond donors (Lipinski definition) is 0. The van der Waals surface area contributed by atoms with Gasteiger partial charge in [0.15, 0.2) is 0 Å². The van der Waals surface area contributed by atoms with Crippen LogP contribution in [0.3, 0.4) is 0 Å². The van der Waals surface area contributed by atoms with E-state index in [1.165, 1.54) is 0 Å². The topological polar surface area (TPSA) is 15.6 Å². The first kappa shape index (κ1) is 11.0. The van der Waals surface area contributed by atoms with E-state index < -0.39 is 11.9 Å². The van der Waals surface area contributed by atoms with Gasteiger partial charge in [-0.1, -0.05) is 12.1 Å². The van der Waals surface area contributed by atoms with Gasteiger partial charge in [0.2, 0.25) is 0 Å². The lowest BCUT2D eigenvalue weighted by atomic mass is 10.1. The molecule has 1 aromatic carbocycles. The van der Waals surface area contributed by atoms with Crippen molar-refractivity contribution >= 4 is 17.1 Å². The summed E-state index contributed by atoms with van der Waals surface area (Å²) < 4.78 is 37.8. The molecule has 1 aliphatic rings. The first-order valence-electron chi connectivity index (χ1n) is 5.01. The van der Waals surface area contributed by atoms with Crippen LogP contribution in [0.2, 0.25) is 0 Å². The van der Waals surface area contributed by atoms with Gasteiger partial charge in [-0.15, -0.1) is 0 Å². The number of rotatable bonds is 1. The Morgan fingerprint density at radius 2 is 2.00 bits per heavy atom. The molecule has 5 heteroatoms. The van der Waals surface area contributed by atoms with Crippen molar-refractivity contribution in [1.29, 1.82) is 0 Å². The van der Waals surface area contributed by atoms with Crippen LogP contribution in [0.25, 0.3) is 0 Å². The molecule has 0 N–H and O–H groups in total. The molecule has 0 saturated carbocycles. The third-order valence-corrected chi connectivity index (χ3v) is 2.53. The summed E-state index contributed by atoms with van der Waals surface area (Å²) in [6.45, 7) is 2.19. The second-order valence-corrected chi connectivity index (χ2v) is 3.56. The van der Waals surface area contributed by atoms with Gasteiger partial charge in [0.05, 0.1) is 17.9 Å². The number of benzene rings is 1. The van der Waals surface area contributed by atoms with Gasteiger partial charge in [-0.3, -0.25) is 0 Å². The van der Waals surface area contributed by atoms with Gasteiger partial charge < -0.3 is 4.90 Å². The van der Waals surface area contributed by atoms with E-state index in [1.54, 1.807) is 29.2 Å². The molecule has 2 nitrogen and oxygen atoms in total. The Kier molecular flexibility index (Phi) is 2.61. The van der Waals surface area contributed by atoms with Gasteiger partial charge in [-0.05, 0) is 19.1 Å². The van der Waals surface area contributed by atoms with Crippen LogP contribution in [0.15, 0.2) is 29.3 Å². The predicted octanol–water partition coefficient (Wildman–Crippen LogP) is 3.16. The fourth-order valence-electron chi connectivity index (χ4n) is 1.71. The highest BCUT2D eigenvalue weighted by atomic mass is 19.4. The Morgan fingerprint density at radius 3 is 2.62 bits per heavy atom. The molecule has 1 aromatic rings. The molecule has 0 saturated heterocycles. The number of para-hydroxylation sites is 2. The molecule has 0 amide bonds. The van der Waals surface area contributed by atoms with Gasteiger partial charge in [0.25, 0.3) is 0 Å². The molecule has 0 unspecified atom stereocenters. The number of aliphatic imine (C=N–C) groups is 1. The van der Waals surface area contributed by atoms with Crippen LogP contribution in [0.4, 0.5) is 24.5 Å². The van der Waals surface area contributed by atoms with Crippen LogP contribution in [0.1, 0.15) is 6.92 Å². The van der Waals surface area contributed by atoms with Crippen LogP contribution < -0.4 is 4.90 Å². The first-order chi connectivity index (χ1) is 7.52. The Labute approximate surface area is 91.4 Å². The van der Waals surface area contributed by atoms with E-state index in [2.05, 4.69) is 4.99 Å². The minimum Gasteiger partial charge on any atom is -0.364 e. The van der Waals surface area contributed by atoms with Crippen LogP contribution in [-0.4, -0.2) is 25.0 Å². The number of alkyl halides is 3. The van der Waals surface area contributed by atoms with Crippen LogP contribution in [0, 0.1) is 0 Å². The SMILES string of the molecule is CCN1CC(C(F)(F)F)=Nc2ccccc21. The summed E-state index contributed by atoms with van der Waals surface area (Å²) in [5, 5.41) is 0. The minimum absolute atomic E-state index is 0.170. The smallest absolute Gasteiger partial charge is 0.364 e. The van der Waals surface area contributed by atoms with E-state index in [-0.39, 0.29) is 6.54 Å². The van der Waals surface area contributed by atoms with Gasteiger partial charge in [-0.25, -0.2) is 4.99 Å². The Morgan fingerprint density at radius 1 is 1.31 bits per heavy atom. The summed E-state index contributed by atoms with van der Waals surface area (Å²) in [4.78, 5) is 5.34. The number of fused-ring (bicyclic) bond motifs is 1. The molecule has 1 heterocycles. The van der Waals surface area contributed by atoms with Crippen molar-refractivity contribution in [3.8, 4) is 0 Å². The second kappa shape index (κ2) is 3.81. The number of nitrogens with zero attached hydrogens (tertiary/aromatic N) is 2. The average Bonchev–Trinajstić information content (AvgIpc) is 2.26. The van der Waals surface area contributed by atoms with Crippen molar-refractivity contribution in [3.63, 3.8) is 0 Å². The number of hydrogen-bond acceptors (Lipinski definition) is 2. The molecule has 0 atom stereocenters. The van der Waals surface area contributed by atoms with Crippen LogP contribution >= 0.6 is 0 Å².